The van der Waals surface area contributed by atoms with Gasteiger partial charge in [0.15, 0.2) is 4.34 Å². The van der Waals surface area contributed by atoms with Crippen molar-refractivity contribution in [2.24, 2.45) is 0 Å². The number of thiazole rings is 1. The number of hydrogen-bond acceptors (Lipinski definition) is 6. The van der Waals surface area contributed by atoms with Crippen molar-refractivity contribution in [2.45, 2.75) is 16.8 Å². The smallest absolute Gasteiger partial charge is 0.230 e. The number of nitrogens with one attached hydrogen (secondary N) is 1. The maximum atomic E-state index is 12.2. The van der Waals surface area contributed by atoms with Crippen molar-refractivity contribution in [2.75, 3.05) is 23.7 Å². The summed E-state index contributed by atoms with van der Waals surface area (Å²) in [7, 11) is 0. The Kier molecular flexibility index (Phi) is 4.85. The number of carbonyl (C=O) groups is 1. The Morgan fingerprint density at radius 1 is 1.28 bits per heavy atom. The van der Waals surface area contributed by atoms with Gasteiger partial charge in [0.1, 0.15) is 5.82 Å². The van der Waals surface area contributed by atoms with Gasteiger partial charge >= 0.3 is 0 Å². The Hall–Kier alpha value is -2.12. The van der Waals surface area contributed by atoms with Crippen molar-refractivity contribution in [3.8, 4) is 0 Å². The van der Waals surface area contributed by atoms with E-state index in [1.165, 1.54) is 11.8 Å². The fraction of sp³-hybridized carbons (Fsp3) is 0.278. The zero-order valence-electron chi connectivity index (χ0n) is 13.6. The molecule has 1 fully saturated rings. The van der Waals surface area contributed by atoms with E-state index in [0.29, 0.717) is 5.75 Å². The monoisotopic (exact) mass is 370 g/mol. The Labute approximate surface area is 154 Å². The average molecular weight is 371 g/mol. The van der Waals surface area contributed by atoms with Gasteiger partial charge in [-0.3, -0.25) is 4.79 Å². The lowest BCUT2D eigenvalue weighted by Gasteiger charge is -2.17. The summed E-state index contributed by atoms with van der Waals surface area (Å²) in [6.07, 6.45) is 2.75. The van der Waals surface area contributed by atoms with E-state index in [1.807, 2.05) is 36.4 Å². The van der Waals surface area contributed by atoms with Gasteiger partial charge < -0.3 is 10.2 Å². The highest BCUT2D eigenvalue weighted by molar-refractivity contribution is 8.01. The minimum absolute atomic E-state index is 0.0668. The predicted octanol–water partition coefficient (Wildman–Crippen LogP) is 3.18. The van der Waals surface area contributed by atoms with Gasteiger partial charge in [0.25, 0.3) is 0 Å². The van der Waals surface area contributed by atoms with Crippen molar-refractivity contribution in [3.05, 3.63) is 48.7 Å². The molecule has 7 heteroatoms. The molecule has 3 aromatic rings. The molecule has 25 heavy (non-hydrogen) atoms. The predicted molar refractivity (Wildman–Crippen MR) is 103 cm³/mol. The molecule has 3 heterocycles. The van der Waals surface area contributed by atoms with Crippen LogP contribution in [-0.4, -0.2) is 40.8 Å². The molecule has 5 nitrogen and oxygen atoms in total. The van der Waals surface area contributed by atoms with E-state index >= 15 is 0 Å². The first-order chi connectivity index (χ1) is 12.3. The number of nitrogens with zero attached hydrogens (tertiary/aromatic N) is 3. The second kappa shape index (κ2) is 7.41. The van der Waals surface area contributed by atoms with E-state index in [2.05, 4.69) is 26.3 Å². The number of rotatable bonds is 5. The van der Waals surface area contributed by atoms with Crippen molar-refractivity contribution in [1.82, 2.24) is 15.3 Å². The van der Waals surface area contributed by atoms with Crippen LogP contribution in [0.2, 0.25) is 0 Å². The van der Waals surface area contributed by atoms with Crippen molar-refractivity contribution >= 4 is 45.0 Å². The third-order valence-corrected chi connectivity index (χ3v) is 6.31. The number of amides is 1. The van der Waals surface area contributed by atoms with Gasteiger partial charge in [-0.15, -0.1) is 11.3 Å². The topological polar surface area (TPSA) is 58.1 Å². The fourth-order valence-corrected chi connectivity index (χ4v) is 4.82. The Balaban J connectivity index is 1.28. The maximum Gasteiger partial charge on any atom is 0.230 e. The minimum atomic E-state index is 0.0668. The van der Waals surface area contributed by atoms with E-state index in [-0.39, 0.29) is 11.9 Å². The van der Waals surface area contributed by atoms with Gasteiger partial charge in [-0.1, -0.05) is 30.0 Å². The van der Waals surface area contributed by atoms with E-state index in [1.54, 1.807) is 17.5 Å². The van der Waals surface area contributed by atoms with Crippen molar-refractivity contribution in [3.63, 3.8) is 0 Å². The minimum Gasteiger partial charge on any atom is -0.354 e. The maximum absolute atomic E-state index is 12.2. The second-order valence-corrected chi connectivity index (χ2v) is 8.18. The van der Waals surface area contributed by atoms with Crippen LogP contribution in [0, 0.1) is 0 Å². The van der Waals surface area contributed by atoms with Crippen LogP contribution in [0.5, 0.6) is 0 Å². The number of hydrogen-bond donors (Lipinski definition) is 1. The molecule has 128 valence electrons. The van der Waals surface area contributed by atoms with Crippen LogP contribution < -0.4 is 10.2 Å². The SMILES string of the molecule is O=C(CSc1nc2ccccc2s1)NC1CCN(c2ccccn2)C1. The number of anilines is 1. The van der Waals surface area contributed by atoms with Crippen LogP contribution in [0.1, 0.15) is 6.42 Å². The quantitative estimate of drug-likeness (QED) is 0.699. The summed E-state index contributed by atoms with van der Waals surface area (Å²) in [5.41, 5.74) is 0.997. The molecule has 0 spiro atoms. The van der Waals surface area contributed by atoms with Crippen molar-refractivity contribution in [1.29, 1.82) is 0 Å². The molecule has 1 atom stereocenters. The van der Waals surface area contributed by atoms with Gasteiger partial charge in [-0.05, 0) is 30.7 Å². The Bertz CT molecular complexity index is 835. The lowest BCUT2D eigenvalue weighted by Crippen LogP contribution is -2.38. The highest BCUT2D eigenvalue weighted by atomic mass is 32.2. The zero-order chi connectivity index (χ0) is 17.1. The summed E-state index contributed by atoms with van der Waals surface area (Å²) in [5.74, 6) is 1.44. The molecular formula is C18H18N4OS2. The van der Waals surface area contributed by atoms with Crippen LogP contribution in [0.4, 0.5) is 5.82 Å². The molecule has 1 unspecified atom stereocenters. The molecule has 1 saturated heterocycles. The Morgan fingerprint density at radius 3 is 3.00 bits per heavy atom. The third-order valence-electron chi connectivity index (χ3n) is 4.13. The average Bonchev–Trinajstić information content (AvgIpc) is 3.27. The summed E-state index contributed by atoms with van der Waals surface area (Å²) in [5, 5.41) is 3.13. The van der Waals surface area contributed by atoms with Crippen LogP contribution in [0.25, 0.3) is 10.2 Å². The highest BCUT2D eigenvalue weighted by Crippen LogP contribution is 2.29. The number of aromatic nitrogens is 2. The molecule has 1 N–H and O–H groups in total. The summed E-state index contributed by atoms with van der Waals surface area (Å²) >= 11 is 3.14. The van der Waals surface area contributed by atoms with Gasteiger partial charge in [0.2, 0.25) is 5.91 Å². The summed E-state index contributed by atoms with van der Waals surface area (Å²) in [6, 6.07) is 14.1. The van der Waals surface area contributed by atoms with E-state index < -0.39 is 0 Å². The molecule has 1 aliphatic rings. The number of pyridine rings is 1. The van der Waals surface area contributed by atoms with Crippen LogP contribution in [0.15, 0.2) is 53.0 Å². The van der Waals surface area contributed by atoms with E-state index in [0.717, 1.165) is 39.9 Å². The van der Waals surface area contributed by atoms with E-state index in [9.17, 15) is 4.79 Å². The molecule has 0 bridgehead atoms. The first-order valence-electron chi connectivity index (χ1n) is 8.22. The molecule has 2 aromatic heterocycles. The third kappa shape index (κ3) is 3.93. The summed E-state index contributed by atoms with van der Waals surface area (Å²) in [4.78, 5) is 23.4. The lowest BCUT2D eigenvalue weighted by molar-refractivity contribution is -0.119. The van der Waals surface area contributed by atoms with Gasteiger partial charge in [-0.2, -0.15) is 0 Å². The molecule has 1 aliphatic heterocycles. The highest BCUT2D eigenvalue weighted by Gasteiger charge is 2.24. The molecule has 0 saturated carbocycles. The number of fused-ring (bicyclic) bond motifs is 1. The summed E-state index contributed by atoms with van der Waals surface area (Å²) < 4.78 is 2.10. The van der Waals surface area contributed by atoms with Crippen LogP contribution in [-0.2, 0) is 4.79 Å². The molecule has 1 aromatic carbocycles. The van der Waals surface area contributed by atoms with Gasteiger partial charge in [-0.25, -0.2) is 9.97 Å². The number of para-hydroxylation sites is 1. The van der Waals surface area contributed by atoms with Gasteiger partial charge in [0, 0.05) is 25.3 Å². The zero-order valence-corrected chi connectivity index (χ0v) is 15.2. The normalized spacial score (nSPS) is 17.1. The van der Waals surface area contributed by atoms with Gasteiger partial charge in [0.05, 0.1) is 16.0 Å². The molecule has 0 aliphatic carbocycles. The first kappa shape index (κ1) is 16.4. The molecule has 0 radical (unpaired) electrons. The van der Waals surface area contributed by atoms with Crippen LogP contribution in [0.3, 0.4) is 0 Å². The standard InChI is InChI=1S/C18H18N4OS2/c23-17(12-24-18-21-14-5-1-2-6-15(14)25-18)20-13-8-10-22(11-13)16-7-3-4-9-19-16/h1-7,9,13H,8,10-12H2,(H,20,23). The number of thioether (sulfide) groups is 1. The number of carbonyl (C=O) groups excluding carboxylic acids is 1. The Morgan fingerprint density at radius 2 is 2.16 bits per heavy atom. The molecule has 4 rings (SSSR count). The number of benzene rings is 1. The largest absolute Gasteiger partial charge is 0.354 e. The van der Waals surface area contributed by atoms with Crippen molar-refractivity contribution < 1.29 is 4.79 Å². The first-order valence-corrected chi connectivity index (χ1v) is 10.0. The molecule has 1 amide bonds. The molecular weight excluding hydrogens is 352 g/mol. The summed E-state index contributed by atoms with van der Waals surface area (Å²) in [6.45, 7) is 1.74. The fourth-order valence-electron chi connectivity index (χ4n) is 2.94. The lowest BCUT2D eigenvalue weighted by atomic mass is 10.2. The van der Waals surface area contributed by atoms with Crippen LogP contribution >= 0.6 is 23.1 Å². The van der Waals surface area contributed by atoms with E-state index in [4.69, 9.17) is 0 Å². The second-order valence-electron chi connectivity index (χ2n) is 5.92.